The molecule has 0 heterocycles. The molecule has 0 aliphatic rings. The summed E-state index contributed by atoms with van der Waals surface area (Å²) in [6.45, 7) is 9.05. The van der Waals surface area contributed by atoms with Crippen LogP contribution in [-0.4, -0.2) is 7.11 Å². The number of nitrogens with two attached hydrogens (primary N) is 1. The van der Waals surface area contributed by atoms with Crippen molar-refractivity contribution < 1.29 is 4.74 Å². The minimum atomic E-state index is 0.0310. The largest absolute Gasteiger partial charge is 0.495 e. The Morgan fingerprint density at radius 3 is 2.47 bits per heavy atom. The standard InChI is InChI=1S/C16H26ClNO/c1-11(10-16(2,3)4)8-14(18)12-6-7-13(17)15(9-12)19-5/h6-7,9,11,14H,8,10,18H2,1-5H3. The minimum Gasteiger partial charge on any atom is -0.495 e. The molecule has 2 nitrogen and oxygen atoms in total. The van der Waals surface area contributed by atoms with Crippen LogP contribution in [0.5, 0.6) is 5.75 Å². The molecule has 0 aliphatic heterocycles. The van der Waals surface area contributed by atoms with Crippen molar-refractivity contribution in [2.75, 3.05) is 7.11 Å². The van der Waals surface area contributed by atoms with E-state index in [1.807, 2.05) is 18.2 Å². The molecule has 0 spiro atoms. The van der Waals surface area contributed by atoms with Gasteiger partial charge in [0.05, 0.1) is 12.1 Å². The maximum absolute atomic E-state index is 6.29. The molecule has 0 saturated carbocycles. The van der Waals surface area contributed by atoms with E-state index < -0.39 is 0 Å². The van der Waals surface area contributed by atoms with Gasteiger partial charge in [0.1, 0.15) is 5.75 Å². The zero-order valence-electron chi connectivity index (χ0n) is 12.7. The van der Waals surface area contributed by atoms with Crippen molar-refractivity contribution in [3.05, 3.63) is 28.8 Å². The summed E-state index contributed by atoms with van der Waals surface area (Å²) in [5.74, 6) is 1.29. The summed E-state index contributed by atoms with van der Waals surface area (Å²) in [5.41, 5.74) is 7.72. The van der Waals surface area contributed by atoms with Crippen LogP contribution in [0.25, 0.3) is 0 Å². The third-order valence-electron chi connectivity index (χ3n) is 3.22. The van der Waals surface area contributed by atoms with E-state index in [1.165, 1.54) is 6.42 Å². The highest BCUT2D eigenvalue weighted by molar-refractivity contribution is 6.32. The highest BCUT2D eigenvalue weighted by Crippen LogP contribution is 2.32. The van der Waals surface area contributed by atoms with Crippen LogP contribution in [0.1, 0.15) is 52.1 Å². The molecule has 2 N–H and O–H groups in total. The molecule has 0 bridgehead atoms. The normalized spacial score (nSPS) is 15.1. The van der Waals surface area contributed by atoms with Crippen molar-refractivity contribution in [3.8, 4) is 5.75 Å². The lowest BCUT2D eigenvalue weighted by atomic mass is 9.82. The van der Waals surface area contributed by atoms with Crippen LogP contribution >= 0.6 is 11.6 Å². The summed E-state index contributed by atoms with van der Waals surface area (Å²) in [6.07, 6.45) is 2.15. The number of hydrogen-bond acceptors (Lipinski definition) is 2. The number of ether oxygens (including phenoxy) is 1. The Kier molecular flexibility index (Phi) is 5.69. The summed E-state index contributed by atoms with van der Waals surface area (Å²) in [6, 6.07) is 5.81. The summed E-state index contributed by atoms with van der Waals surface area (Å²) >= 11 is 6.03. The fraction of sp³-hybridized carbons (Fsp3) is 0.625. The molecule has 0 fully saturated rings. The van der Waals surface area contributed by atoms with Gasteiger partial charge in [-0.05, 0) is 41.9 Å². The SMILES string of the molecule is COc1cc(C(N)CC(C)CC(C)(C)C)ccc1Cl. The molecule has 1 aromatic carbocycles. The Labute approximate surface area is 122 Å². The van der Waals surface area contributed by atoms with E-state index in [0.717, 1.165) is 12.0 Å². The van der Waals surface area contributed by atoms with Gasteiger partial charge in [-0.3, -0.25) is 0 Å². The Morgan fingerprint density at radius 1 is 1.32 bits per heavy atom. The first-order valence-corrected chi connectivity index (χ1v) is 7.20. The molecule has 0 saturated heterocycles. The lowest BCUT2D eigenvalue weighted by Crippen LogP contribution is -2.18. The van der Waals surface area contributed by atoms with Gasteiger partial charge in [-0.15, -0.1) is 0 Å². The number of methoxy groups -OCH3 is 1. The van der Waals surface area contributed by atoms with E-state index >= 15 is 0 Å². The molecule has 0 radical (unpaired) electrons. The molecule has 0 aromatic heterocycles. The maximum atomic E-state index is 6.29. The van der Waals surface area contributed by atoms with Gasteiger partial charge in [-0.25, -0.2) is 0 Å². The van der Waals surface area contributed by atoms with Gasteiger partial charge in [-0.1, -0.05) is 45.4 Å². The maximum Gasteiger partial charge on any atom is 0.137 e. The minimum absolute atomic E-state index is 0.0310. The van der Waals surface area contributed by atoms with Crippen molar-refractivity contribution in [2.24, 2.45) is 17.1 Å². The fourth-order valence-corrected chi connectivity index (χ4v) is 2.80. The second-order valence-electron chi connectivity index (χ2n) is 6.61. The van der Waals surface area contributed by atoms with Crippen LogP contribution in [0.2, 0.25) is 5.02 Å². The van der Waals surface area contributed by atoms with Crippen molar-refractivity contribution in [3.63, 3.8) is 0 Å². The molecule has 2 unspecified atom stereocenters. The van der Waals surface area contributed by atoms with E-state index in [-0.39, 0.29) is 6.04 Å². The topological polar surface area (TPSA) is 35.2 Å². The van der Waals surface area contributed by atoms with E-state index in [0.29, 0.717) is 22.1 Å². The molecule has 108 valence electrons. The molecule has 0 aliphatic carbocycles. The molecule has 1 rings (SSSR count). The molecular formula is C16H26ClNO. The molecule has 1 aromatic rings. The third kappa shape index (κ3) is 5.42. The van der Waals surface area contributed by atoms with Gasteiger partial charge in [0, 0.05) is 6.04 Å². The molecule has 2 atom stereocenters. The van der Waals surface area contributed by atoms with Crippen molar-refractivity contribution in [1.82, 2.24) is 0 Å². The number of benzene rings is 1. The summed E-state index contributed by atoms with van der Waals surface area (Å²) < 4.78 is 5.23. The molecular weight excluding hydrogens is 258 g/mol. The summed E-state index contributed by atoms with van der Waals surface area (Å²) in [4.78, 5) is 0. The van der Waals surface area contributed by atoms with E-state index in [1.54, 1.807) is 7.11 Å². The molecule has 0 amide bonds. The van der Waals surface area contributed by atoms with Gasteiger partial charge in [-0.2, -0.15) is 0 Å². The summed E-state index contributed by atoms with van der Waals surface area (Å²) in [5, 5.41) is 0.626. The van der Waals surface area contributed by atoms with Crippen molar-refractivity contribution in [2.45, 2.75) is 46.6 Å². The third-order valence-corrected chi connectivity index (χ3v) is 3.53. The van der Waals surface area contributed by atoms with E-state index in [2.05, 4.69) is 27.7 Å². The number of hydrogen-bond donors (Lipinski definition) is 1. The Hall–Kier alpha value is -0.730. The summed E-state index contributed by atoms with van der Waals surface area (Å²) in [7, 11) is 1.62. The zero-order chi connectivity index (χ0) is 14.6. The second-order valence-corrected chi connectivity index (χ2v) is 7.01. The highest BCUT2D eigenvalue weighted by atomic mass is 35.5. The number of rotatable bonds is 5. The molecule has 19 heavy (non-hydrogen) atoms. The lowest BCUT2D eigenvalue weighted by molar-refractivity contribution is 0.286. The Balaban J connectivity index is 2.70. The quantitative estimate of drug-likeness (QED) is 0.841. The predicted molar refractivity (Wildman–Crippen MR) is 82.8 cm³/mol. The second kappa shape index (κ2) is 6.62. The van der Waals surface area contributed by atoms with E-state index in [4.69, 9.17) is 22.1 Å². The first kappa shape index (κ1) is 16.3. The van der Waals surface area contributed by atoms with Gasteiger partial charge < -0.3 is 10.5 Å². The average Bonchev–Trinajstić information content (AvgIpc) is 2.26. The fourth-order valence-electron chi connectivity index (χ4n) is 2.61. The first-order valence-electron chi connectivity index (χ1n) is 6.82. The van der Waals surface area contributed by atoms with E-state index in [9.17, 15) is 0 Å². The van der Waals surface area contributed by atoms with Crippen LogP contribution in [-0.2, 0) is 0 Å². The lowest BCUT2D eigenvalue weighted by Gasteiger charge is -2.25. The Bertz CT molecular complexity index is 412. The van der Waals surface area contributed by atoms with Gasteiger partial charge in [0.25, 0.3) is 0 Å². The van der Waals surface area contributed by atoms with Crippen molar-refractivity contribution in [1.29, 1.82) is 0 Å². The predicted octanol–water partition coefficient (Wildman–Crippen LogP) is 4.81. The number of halogens is 1. The average molecular weight is 284 g/mol. The van der Waals surface area contributed by atoms with Crippen LogP contribution in [0.15, 0.2) is 18.2 Å². The van der Waals surface area contributed by atoms with Crippen LogP contribution < -0.4 is 10.5 Å². The van der Waals surface area contributed by atoms with Gasteiger partial charge in [0.2, 0.25) is 0 Å². The van der Waals surface area contributed by atoms with Crippen LogP contribution in [0.3, 0.4) is 0 Å². The highest BCUT2D eigenvalue weighted by Gasteiger charge is 2.18. The Morgan fingerprint density at radius 2 is 1.95 bits per heavy atom. The first-order chi connectivity index (χ1) is 8.73. The molecule has 3 heteroatoms. The van der Waals surface area contributed by atoms with Gasteiger partial charge in [0.15, 0.2) is 0 Å². The smallest absolute Gasteiger partial charge is 0.137 e. The monoisotopic (exact) mass is 283 g/mol. The van der Waals surface area contributed by atoms with Crippen LogP contribution in [0, 0.1) is 11.3 Å². The zero-order valence-corrected chi connectivity index (χ0v) is 13.4. The van der Waals surface area contributed by atoms with Crippen molar-refractivity contribution >= 4 is 11.6 Å². The van der Waals surface area contributed by atoms with Crippen LogP contribution in [0.4, 0.5) is 0 Å². The van der Waals surface area contributed by atoms with Gasteiger partial charge >= 0.3 is 0 Å².